The molecule has 0 saturated carbocycles. The number of carboxylic acids is 1. The number of guanidine groups is 1. The Labute approximate surface area is 145 Å². The Morgan fingerprint density at radius 3 is 2.36 bits per heavy atom. The molecule has 0 aliphatic carbocycles. The highest BCUT2D eigenvalue weighted by Gasteiger charge is 2.20. The highest BCUT2D eigenvalue weighted by molar-refractivity contribution is 5.95. The van der Waals surface area contributed by atoms with E-state index in [1.807, 2.05) is 6.92 Å². The van der Waals surface area contributed by atoms with Crippen LogP contribution in [0.1, 0.15) is 32.6 Å². The zero-order valence-corrected chi connectivity index (χ0v) is 14.2. The molecule has 142 valence electrons. The van der Waals surface area contributed by atoms with Gasteiger partial charge in [0, 0.05) is 13.1 Å². The van der Waals surface area contributed by atoms with E-state index in [0.717, 1.165) is 6.42 Å². The minimum atomic E-state index is -1.30. The summed E-state index contributed by atoms with van der Waals surface area (Å²) in [7, 11) is 0. The smallest absolute Gasteiger partial charge is 0.312 e. The number of amides is 3. The molecule has 11 nitrogen and oxygen atoms in total. The molecule has 8 N–H and O–H groups in total. The molecule has 0 aliphatic rings. The van der Waals surface area contributed by atoms with E-state index in [-0.39, 0.29) is 11.9 Å². The van der Waals surface area contributed by atoms with E-state index in [1.165, 1.54) is 0 Å². The maximum absolute atomic E-state index is 12.1. The zero-order chi connectivity index (χ0) is 19.2. The first-order valence-corrected chi connectivity index (χ1v) is 7.87. The number of aliphatic imine (C=N–C) groups is 1. The molecule has 1 unspecified atom stereocenters. The summed E-state index contributed by atoms with van der Waals surface area (Å²) in [6.07, 6.45) is 0.784. The van der Waals surface area contributed by atoms with Crippen LogP contribution in [0.4, 0.5) is 0 Å². The SMILES string of the molecule is CCCNC(=O)C(CCCN=C(N)N)NC(=O)CNC(=O)CC(=O)O. The van der Waals surface area contributed by atoms with Crippen molar-refractivity contribution in [3.63, 3.8) is 0 Å². The highest BCUT2D eigenvalue weighted by Crippen LogP contribution is 1.99. The van der Waals surface area contributed by atoms with E-state index in [0.29, 0.717) is 25.9 Å². The number of carbonyl (C=O) groups excluding carboxylic acids is 3. The molecule has 25 heavy (non-hydrogen) atoms. The van der Waals surface area contributed by atoms with Gasteiger partial charge in [0.15, 0.2) is 5.96 Å². The summed E-state index contributed by atoms with van der Waals surface area (Å²) in [5.41, 5.74) is 10.4. The Kier molecular flexibility index (Phi) is 11.1. The first-order valence-electron chi connectivity index (χ1n) is 7.87. The minimum Gasteiger partial charge on any atom is -0.481 e. The summed E-state index contributed by atoms with van der Waals surface area (Å²) in [5, 5.41) is 15.8. The average Bonchev–Trinajstić information content (AvgIpc) is 2.52. The predicted octanol–water partition coefficient (Wildman–Crippen LogP) is -2.36. The normalized spacial score (nSPS) is 11.1. The van der Waals surface area contributed by atoms with Crippen LogP contribution in [-0.4, -0.2) is 60.4 Å². The lowest BCUT2D eigenvalue weighted by Crippen LogP contribution is -2.49. The third-order valence-electron chi connectivity index (χ3n) is 2.90. The van der Waals surface area contributed by atoms with Crippen molar-refractivity contribution in [2.45, 2.75) is 38.6 Å². The van der Waals surface area contributed by atoms with E-state index in [9.17, 15) is 19.2 Å². The summed E-state index contributed by atoms with van der Waals surface area (Å²) < 4.78 is 0. The number of nitrogens with two attached hydrogens (primary N) is 2. The number of nitrogens with zero attached hydrogens (tertiary/aromatic N) is 1. The summed E-state index contributed by atoms with van der Waals surface area (Å²) in [5.74, 6) is -3.09. The topological polar surface area (TPSA) is 189 Å². The number of rotatable bonds is 12. The van der Waals surface area contributed by atoms with Gasteiger partial charge in [-0.15, -0.1) is 0 Å². The van der Waals surface area contributed by atoms with Crippen molar-refractivity contribution < 1.29 is 24.3 Å². The zero-order valence-electron chi connectivity index (χ0n) is 14.2. The summed E-state index contributed by atoms with van der Waals surface area (Å²) in [6, 6.07) is -0.801. The van der Waals surface area contributed by atoms with Crippen LogP contribution >= 0.6 is 0 Å². The molecule has 0 spiro atoms. The quantitative estimate of drug-likeness (QED) is 0.0973. The Morgan fingerprint density at radius 1 is 1.12 bits per heavy atom. The van der Waals surface area contributed by atoms with Crippen LogP contribution in [0.5, 0.6) is 0 Å². The molecular weight excluding hydrogens is 332 g/mol. The molecule has 3 amide bonds. The van der Waals surface area contributed by atoms with Gasteiger partial charge in [-0.2, -0.15) is 0 Å². The van der Waals surface area contributed by atoms with Crippen molar-refractivity contribution in [2.24, 2.45) is 16.5 Å². The van der Waals surface area contributed by atoms with Gasteiger partial charge in [-0.25, -0.2) is 0 Å². The predicted molar refractivity (Wildman–Crippen MR) is 90.4 cm³/mol. The Hall–Kier alpha value is -2.85. The summed E-state index contributed by atoms with van der Waals surface area (Å²) in [4.78, 5) is 49.3. The summed E-state index contributed by atoms with van der Waals surface area (Å²) in [6.45, 7) is 2.25. The van der Waals surface area contributed by atoms with Gasteiger partial charge >= 0.3 is 5.97 Å². The lowest BCUT2D eigenvalue weighted by Gasteiger charge is -2.18. The maximum atomic E-state index is 12.1. The van der Waals surface area contributed by atoms with Crippen LogP contribution < -0.4 is 27.4 Å². The molecule has 0 fully saturated rings. The van der Waals surface area contributed by atoms with Gasteiger partial charge in [-0.1, -0.05) is 6.92 Å². The van der Waals surface area contributed by atoms with Crippen molar-refractivity contribution in [2.75, 3.05) is 19.6 Å². The van der Waals surface area contributed by atoms with E-state index in [2.05, 4.69) is 20.9 Å². The monoisotopic (exact) mass is 358 g/mol. The molecule has 0 radical (unpaired) electrons. The molecule has 0 heterocycles. The van der Waals surface area contributed by atoms with Gasteiger partial charge in [0.05, 0.1) is 6.54 Å². The fourth-order valence-corrected chi connectivity index (χ4v) is 1.77. The third-order valence-corrected chi connectivity index (χ3v) is 2.90. The Balaban J connectivity index is 4.50. The number of carboxylic acid groups (broad SMARTS) is 1. The van der Waals surface area contributed by atoms with Crippen LogP contribution in [0, 0.1) is 0 Å². The fraction of sp³-hybridized carbons (Fsp3) is 0.643. The lowest BCUT2D eigenvalue weighted by atomic mass is 10.1. The van der Waals surface area contributed by atoms with Crippen LogP contribution in [0.3, 0.4) is 0 Å². The van der Waals surface area contributed by atoms with E-state index in [1.54, 1.807) is 0 Å². The van der Waals surface area contributed by atoms with Crippen LogP contribution in [0.2, 0.25) is 0 Å². The maximum Gasteiger partial charge on any atom is 0.312 e. The molecule has 0 aromatic rings. The summed E-state index contributed by atoms with van der Waals surface area (Å²) >= 11 is 0. The second kappa shape index (κ2) is 12.6. The third kappa shape index (κ3) is 12.3. The number of nitrogens with one attached hydrogen (secondary N) is 3. The van der Waals surface area contributed by atoms with Crippen LogP contribution in [0.15, 0.2) is 4.99 Å². The molecule has 0 aliphatic heterocycles. The Morgan fingerprint density at radius 2 is 1.80 bits per heavy atom. The number of carbonyl (C=O) groups is 4. The van der Waals surface area contributed by atoms with Crippen LogP contribution in [-0.2, 0) is 19.2 Å². The van der Waals surface area contributed by atoms with Crippen molar-refractivity contribution in [1.82, 2.24) is 16.0 Å². The van der Waals surface area contributed by atoms with Crippen molar-refractivity contribution in [1.29, 1.82) is 0 Å². The molecule has 0 saturated heterocycles. The van der Waals surface area contributed by atoms with Gasteiger partial charge in [0.2, 0.25) is 17.7 Å². The van der Waals surface area contributed by atoms with Crippen molar-refractivity contribution >= 4 is 29.7 Å². The van der Waals surface area contributed by atoms with Crippen molar-refractivity contribution in [3.8, 4) is 0 Å². The van der Waals surface area contributed by atoms with Gasteiger partial charge in [-0.05, 0) is 19.3 Å². The van der Waals surface area contributed by atoms with Crippen LogP contribution in [0.25, 0.3) is 0 Å². The molecule has 0 aromatic heterocycles. The minimum absolute atomic E-state index is 0.0582. The molecule has 0 rings (SSSR count). The molecule has 0 aromatic carbocycles. The fourth-order valence-electron chi connectivity index (χ4n) is 1.77. The van der Waals surface area contributed by atoms with Gasteiger partial charge in [0.25, 0.3) is 0 Å². The second-order valence-electron chi connectivity index (χ2n) is 5.21. The molecular formula is C14H26N6O5. The highest BCUT2D eigenvalue weighted by atomic mass is 16.4. The second-order valence-corrected chi connectivity index (χ2v) is 5.21. The van der Waals surface area contributed by atoms with Crippen molar-refractivity contribution in [3.05, 3.63) is 0 Å². The van der Waals surface area contributed by atoms with Gasteiger partial charge in [-0.3, -0.25) is 24.2 Å². The van der Waals surface area contributed by atoms with E-state index in [4.69, 9.17) is 16.6 Å². The first-order chi connectivity index (χ1) is 11.8. The van der Waals surface area contributed by atoms with E-state index >= 15 is 0 Å². The van der Waals surface area contributed by atoms with Gasteiger partial charge in [0.1, 0.15) is 12.5 Å². The molecule has 1 atom stereocenters. The lowest BCUT2D eigenvalue weighted by molar-refractivity contribution is -0.141. The Bertz CT molecular complexity index is 504. The first kappa shape index (κ1) is 22.1. The number of aliphatic carboxylic acids is 1. The van der Waals surface area contributed by atoms with Gasteiger partial charge < -0.3 is 32.5 Å². The standard InChI is InChI=1S/C14H26N6O5/c1-2-5-17-13(25)9(4-3-6-18-14(15)16)20-11(22)8-19-10(21)7-12(23)24/h9H,2-8H2,1H3,(H,17,25)(H,19,21)(H,20,22)(H,23,24)(H4,15,16,18). The molecule has 11 heteroatoms. The molecule has 0 bridgehead atoms. The van der Waals surface area contributed by atoms with E-state index < -0.39 is 36.8 Å². The number of hydrogen-bond acceptors (Lipinski definition) is 5. The average molecular weight is 358 g/mol. The number of hydrogen-bond donors (Lipinski definition) is 6. The largest absolute Gasteiger partial charge is 0.481 e.